The number of hydrogen-bond donors (Lipinski definition) is 2. The third-order valence-corrected chi connectivity index (χ3v) is 4.13. The van der Waals surface area contributed by atoms with Crippen LogP contribution in [0.2, 0.25) is 0 Å². The number of para-hydroxylation sites is 1. The summed E-state index contributed by atoms with van der Waals surface area (Å²) in [4.78, 5) is 2.01. The lowest BCUT2D eigenvalue weighted by molar-refractivity contribution is -0.223. The number of phenolic OH excluding ortho intramolecular Hbond substituents is 1. The van der Waals surface area contributed by atoms with E-state index in [4.69, 9.17) is 0 Å². The molecule has 0 bridgehead atoms. The van der Waals surface area contributed by atoms with E-state index >= 15 is 0 Å². The minimum atomic E-state index is -4.54. The average molecular weight is 303 g/mol. The van der Waals surface area contributed by atoms with Gasteiger partial charge in [0.2, 0.25) is 0 Å². The zero-order valence-corrected chi connectivity index (χ0v) is 11.9. The molecular formula is C15H20F3NO2. The van der Waals surface area contributed by atoms with E-state index in [0.29, 0.717) is 32.5 Å². The summed E-state index contributed by atoms with van der Waals surface area (Å²) in [7, 11) is 0. The number of alkyl halides is 3. The van der Waals surface area contributed by atoms with Crippen molar-refractivity contribution < 1.29 is 23.4 Å². The molecule has 2 N–H and O–H groups in total. The molecule has 1 fully saturated rings. The molecule has 3 nitrogen and oxygen atoms in total. The maximum Gasteiger partial charge on any atom is 0.414 e. The van der Waals surface area contributed by atoms with Crippen LogP contribution in [0.1, 0.15) is 24.0 Å². The average Bonchev–Trinajstić information content (AvgIpc) is 2.43. The van der Waals surface area contributed by atoms with Crippen molar-refractivity contribution in [2.24, 2.45) is 5.92 Å². The molecule has 1 atom stereocenters. The van der Waals surface area contributed by atoms with Crippen LogP contribution in [0, 0.1) is 12.8 Å². The van der Waals surface area contributed by atoms with E-state index in [1.165, 1.54) is 0 Å². The van der Waals surface area contributed by atoms with Gasteiger partial charge in [0.05, 0.1) is 0 Å². The van der Waals surface area contributed by atoms with Gasteiger partial charge in [-0.15, -0.1) is 0 Å². The van der Waals surface area contributed by atoms with E-state index in [9.17, 15) is 23.4 Å². The normalized spacial score (nSPS) is 19.7. The van der Waals surface area contributed by atoms with Gasteiger partial charge in [0.15, 0.2) is 6.10 Å². The Kier molecular flexibility index (Phi) is 4.78. The number of aryl methyl sites for hydroxylation is 1. The molecule has 0 radical (unpaired) electrons. The first-order chi connectivity index (χ1) is 9.79. The largest absolute Gasteiger partial charge is 0.507 e. The molecule has 0 spiro atoms. The lowest BCUT2D eigenvalue weighted by Gasteiger charge is -2.34. The maximum atomic E-state index is 12.5. The Labute approximate surface area is 122 Å². The van der Waals surface area contributed by atoms with Crippen LogP contribution in [0.15, 0.2) is 18.2 Å². The van der Waals surface area contributed by atoms with Crippen molar-refractivity contribution in [2.75, 3.05) is 13.1 Å². The molecule has 0 saturated carbocycles. The molecule has 1 aliphatic heterocycles. The molecule has 1 saturated heterocycles. The van der Waals surface area contributed by atoms with E-state index in [2.05, 4.69) is 0 Å². The molecule has 0 amide bonds. The van der Waals surface area contributed by atoms with Crippen LogP contribution < -0.4 is 0 Å². The third-order valence-electron chi connectivity index (χ3n) is 4.13. The Morgan fingerprint density at radius 1 is 1.29 bits per heavy atom. The number of hydrogen-bond acceptors (Lipinski definition) is 3. The van der Waals surface area contributed by atoms with Gasteiger partial charge in [-0.1, -0.05) is 18.2 Å². The van der Waals surface area contributed by atoms with Gasteiger partial charge < -0.3 is 10.2 Å². The number of rotatable bonds is 3. The van der Waals surface area contributed by atoms with Crippen LogP contribution in [0.5, 0.6) is 5.75 Å². The highest BCUT2D eigenvalue weighted by Gasteiger charge is 2.44. The van der Waals surface area contributed by atoms with Gasteiger partial charge in [-0.3, -0.25) is 4.90 Å². The minimum absolute atomic E-state index is 0.245. The standard InChI is InChI=1S/C15H20F3NO2/c1-10-3-2-4-12(13(10)20)9-19-7-5-11(6-8-19)14(21)15(16,17)18/h2-4,11,14,20-21H,5-9H2,1H3. The van der Waals surface area contributed by atoms with Crippen LogP contribution in [0.3, 0.4) is 0 Å². The lowest BCUT2D eigenvalue weighted by atomic mass is 9.90. The lowest BCUT2D eigenvalue weighted by Crippen LogP contribution is -2.43. The Balaban J connectivity index is 1.91. The van der Waals surface area contributed by atoms with E-state index in [0.717, 1.165) is 11.1 Å². The fourth-order valence-corrected chi connectivity index (χ4v) is 2.78. The number of halogens is 3. The van der Waals surface area contributed by atoms with Crippen molar-refractivity contribution in [1.29, 1.82) is 0 Å². The van der Waals surface area contributed by atoms with Crippen molar-refractivity contribution >= 4 is 0 Å². The minimum Gasteiger partial charge on any atom is -0.507 e. The number of likely N-dealkylation sites (tertiary alicyclic amines) is 1. The highest BCUT2D eigenvalue weighted by molar-refractivity contribution is 5.39. The number of nitrogens with zero attached hydrogens (tertiary/aromatic N) is 1. The van der Waals surface area contributed by atoms with Crippen LogP contribution in [0.25, 0.3) is 0 Å². The van der Waals surface area contributed by atoms with E-state index < -0.39 is 18.2 Å². The summed E-state index contributed by atoms with van der Waals surface area (Å²) in [5, 5.41) is 19.2. The van der Waals surface area contributed by atoms with E-state index in [-0.39, 0.29) is 5.75 Å². The molecule has 0 aromatic heterocycles. The first-order valence-electron chi connectivity index (χ1n) is 7.03. The summed E-state index contributed by atoms with van der Waals surface area (Å²) in [6.45, 7) is 3.31. The van der Waals surface area contributed by atoms with Crippen molar-refractivity contribution in [3.05, 3.63) is 29.3 Å². The Morgan fingerprint density at radius 2 is 1.90 bits per heavy atom. The van der Waals surface area contributed by atoms with Crippen molar-refractivity contribution in [1.82, 2.24) is 4.90 Å². The highest BCUT2D eigenvalue weighted by atomic mass is 19.4. The molecule has 1 unspecified atom stereocenters. The third kappa shape index (κ3) is 3.89. The fraction of sp³-hybridized carbons (Fsp3) is 0.600. The summed E-state index contributed by atoms with van der Waals surface area (Å²) in [6.07, 6.45) is -6.14. The van der Waals surface area contributed by atoms with Crippen LogP contribution >= 0.6 is 0 Å². The summed E-state index contributed by atoms with van der Waals surface area (Å²) >= 11 is 0. The molecule has 1 aromatic carbocycles. The molecule has 1 aromatic rings. The SMILES string of the molecule is Cc1cccc(CN2CCC(C(O)C(F)(F)F)CC2)c1O. The van der Waals surface area contributed by atoms with Crippen LogP contribution in [-0.4, -0.2) is 40.5 Å². The monoisotopic (exact) mass is 303 g/mol. The first-order valence-corrected chi connectivity index (χ1v) is 7.03. The van der Waals surface area contributed by atoms with Gasteiger partial charge in [0.1, 0.15) is 5.75 Å². The van der Waals surface area contributed by atoms with Crippen molar-refractivity contribution in [2.45, 2.75) is 38.6 Å². The second kappa shape index (κ2) is 6.23. The molecule has 1 aliphatic rings. The number of piperidine rings is 1. The quantitative estimate of drug-likeness (QED) is 0.902. The molecule has 1 heterocycles. The van der Waals surface area contributed by atoms with Gasteiger partial charge in [0.25, 0.3) is 0 Å². The maximum absolute atomic E-state index is 12.5. The van der Waals surface area contributed by atoms with Crippen molar-refractivity contribution in [3.63, 3.8) is 0 Å². The summed E-state index contributed by atoms with van der Waals surface area (Å²) in [5.41, 5.74) is 1.57. The highest BCUT2D eigenvalue weighted by Crippen LogP contribution is 2.32. The number of phenols is 1. The number of aliphatic hydroxyl groups is 1. The Hall–Kier alpha value is -1.27. The summed E-state index contributed by atoms with van der Waals surface area (Å²) in [5.74, 6) is -0.484. The second-order valence-corrected chi connectivity index (χ2v) is 5.68. The van der Waals surface area contributed by atoms with Gasteiger partial charge in [-0.2, -0.15) is 13.2 Å². The molecule has 0 aliphatic carbocycles. The predicted octanol–water partition coefficient (Wildman–Crippen LogP) is 2.84. The Bertz CT molecular complexity index is 482. The zero-order chi connectivity index (χ0) is 15.6. The molecule has 2 rings (SSSR count). The smallest absolute Gasteiger partial charge is 0.414 e. The number of aliphatic hydroxyl groups excluding tert-OH is 1. The first kappa shape index (κ1) is 16.1. The zero-order valence-electron chi connectivity index (χ0n) is 11.9. The fourth-order valence-electron chi connectivity index (χ4n) is 2.78. The van der Waals surface area contributed by atoms with Crippen LogP contribution in [-0.2, 0) is 6.54 Å². The van der Waals surface area contributed by atoms with Crippen LogP contribution in [0.4, 0.5) is 13.2 Å². The number of aromatic hydroxyl groups is 1. The Morgan fingerprint density at radius 3 is 2.48 bits per heavy atom. The summed E-state index contributed by atoms with van der Waals surface area (Å²) < 4.78 is 37.4. The topological polar surface area (TPSA) is 43.7 Å². The van der Waals surface area contributed by atoms with E-state index in [1.807, 2.05) is 30.0 Å². The molecule has 21 heavy (non-hydrogen) atoms. The van der Waals surface area contributed by atoms with Gasteiger partial charge in [-0.05, 0) is 44.3 Å². The molecule has 118 valence electrons. The molecule has 6 heteroatoms. The predicted molar refractivity (Wildman–Crippen MR) is 72.9 cm³/mol. The number of benzene rings is 1. The second-order valence-electron chi connectivity index (χ2n) is 5.68. The van der Waals surface area contributed by atoms with Gasteiger partial charge in [0, 0.05) is 12.1 Å². The van der Waals surface area contributed by atoms with Crippen molar-refractivity contribution in [3.8, 4) is 5.75 Å². The van der Waals surface area contributed by atoms with Gasteiger partial charge in [-0.25, -0.2) is 0 Å². The summed E-state index contributed by atoms with van der Waals surface area (Å²) in [6, 6.07) is 5.48. The van der Waals surface area contributed by atoms with E-state index in [1.54, 1.807) is 0 Å². The van der Waals surface area contributed by atoms with Gasteiger partial charge >= 0.3 is 6.18 Å². The molecular weight excluding hydrogens is 283 g/mol.